The Labute approximate surface area is 79.8 Å². The third-order valence-corrected chi connectivity index (χ3v) is 1.84. The van der Waals surface area contributed by atoms with Crippen LogP contribution in [0, 0.1) is 0 Å². The van der Waals surface area contributed by atoms with E-state index in [9.17, 15) is 18.0 Å². The number of carbonyl (C=O) groups is 1. The number of likely N-dealkylation sites (tertiary alicyclic amines) is 1. The summed E-state index contributed by atoms with van der Waals surface area (Å²) in [6.07, 6.45) is -5.03. The SMILES string of the molecule is CC(C)OC1CN(C(=O)C(F)(F)F)C1. The summed E-state index contributed by atoms with van der Waals surface area (Å²) in [6.45, 7) is 3.68. The summed E-state index contributed by atoms with van der Waals surface area (Å²) in [4.78, 5) is 11.4. The number of hydrogen-bond donors (Lipinski definition) is 0. The number of carbonyl (C=O) groups excluding carboxylic acids is 1. The third-order valence-electron chi connectivity index (χ3n) is 1.84. The van der Waals surface area contributed by atoms with Crippen molar-refractivity contribution in [2.24, 2.45) is 0 Å². The van der Waals surface area contributed by atoms with E-state index in [1.165, 1.54) is 0 Å². The normalized spacial score (nSPS) is 18.6. The van der Waals surface area contributed by atoms with Gasteiger partial charge in [0.2, 0.25) is 0 Å². The molecule has 0 spiro atoms. The highest BCUT2D eigenvalue weighted by atomic mass is 19.4. The van der Waals surface area contributed by atoms with Crippen molar-refractivity contribution in [3.8, 4) is 0 Å². The maximum Gasteiger partial charge on any atom is 0.471 e. The second kappa shape index (κ2) is 3.76. The summed E-state index contributed by atoms with van der Waals surface area (Å²) in [5, 5.41) is 0. The Morgan fingerprint density at radius 3 is 2.29 bits per heavy atom. The second-order valence-corrected chi connectivity index (χ2v) is 3.51. The Morgan fingerprint density at radius 1 is 1.43 bits per heavy atom. The van der Waals surface area contributed by atoms with E-state index in [4.69, 9.17) is 4.74 Å². The van der Waals surface area contributed by atoms with Crippen LogP contribution in [0.2, 0.25) is 0 Å². The standard InChI is InChI=1S/C8H12F3NO2/c1-5(2)14-6-3-12(4-6)7(13)8(9,10)11/h5-6H,3-4H2,1-2H3. The van der Waals surface area contributed by atoms with E-state index in [0.717, 1.165) is 4.90 Å². The van der Waals surface area contributed by atoms with Crippen molar-refractivity contribution in [1.29, 1.82) is 0 Å². The maximum absolute atomic E-state index is 11.9. The molecule has 1 rings (SSSR count). The molecule has 1 amide bonds. The molecule has 0 radical (unpaired) electrons. The van der Waals surface area contributed by atoms with Gasteiger partial charge in [0.25, 0.3) is 0 Å². The first-order valence-corrected chi connectivity index (χ1v) is 4.32. The molecule has 82 valence electrons. The van der Waals surface area contributed by atoms with Gasteiger partial charge < -0.3 is 9.64 Å². The van der Waals surface area contributed by atoms with Crippen LogP contribution in [0.4, 0.5) is 13.2 Å². The molecular weight excluding hydrogens is 199 g/mol. The number of nitrogens with zero attached hydrogens (tertiary/aromatic N) is 1. The zero-order valence-corrected chi connectivity index (χ0v) is 7.97. The molecule has 0 aliphatic carbocycles. The van der Waals surface area contributed by atoms with E-state index in [1.54, 1.807) is 13.8 Å². The van der Waals surface area contributed by atoms with E-state index in [-0.39, 0.29) is 25.3 Å². The molecule has 3 nitrogen and oxygen atoms in total. The zero-order chi connectivity index (χ0) is 10.9. The lowest BCUT2D eigenvalue weighted by molar-refractivity contribution is -0.197. The molecule has 0 N–H and O–H groups in total. The quantitative estimate of drug-likeness (QED) is 0.686. The van der Waals surface area contributed by atoms with Crippen LogP contribution in [0.3, 0.4) is 0 Å². The first kappa shape index (κ1) is 11.3. The van der Waals surface area contributed by atoms with Crippen LogP contribution in [0.25, 0.3) is 0 Å². The molecule has 1 saturated heterocycles. The molecule has 0 aromatic carbocycles. The van der Waals surface area contributed by atoms with Gasteiger partial charge in [-0.1, -0.05) is 0 Å². The lowest BCUT2D eigenvalue weighted by atomic mass is 10.1. The van der Waals surface area contributed by atoms with E-state index >= 15 is 0 Å². The monoisotopic (exact) mass is 211 g/mol. The molecular formula is C8H12F3NO2. The number of amides is 1. The highest BCUT2D eigenvalue weighted by Gasteiger charge is 2.46. The molecule has 1 aliphatic heterocycles. The van der Waals surface area contributed by atoms with Crippen LogP contribution < -0.4 is 0 Å². The smallest absolute Gasteiger partial charge is 0.372 e. The average Bonchev–Trinajstić information content (AvgIpc) is 1.92. The summed E-state index contributed by atoms with van der Waals surface area (Å²) in [7, 11) is 0. The maximum atomic E-state index is 11.9. The molecule has 0 unspecified atom stereocenters. The fourth-order valence-corrected chi connectivity index (χ4v) is 1.25. The van der Waals surface area contributed by atoms with Gasteiger partial charge in [-0.3, -0.25) is 4.79 Å². The molecule has 0 atom stereocenters. The van der Waals surface area contributed by atoms with Gasteiger partial charge in [0.05, 0.1) is 12.2 Å². The average molecular weight is 211 g/mol. The summed E-state index contributed by atoms with van der Waals surface area (Å²) in [6, 6.07) is 0. The summed E-state index contributed by atoms with van der Waals surface area (Å²) in [5.41, 5.74) is 0. The van der Waals surface area contributed by atoms with Gasteiger partial charge in [-0.2, -0.15) is 13.2 Å². The van der Waals surface area contributed by atoms with Gasteiger partial charge in [-0.25, -0.2) is 0 Å². The van der Waals surface area contributed by atoms with Gasteiger partial charge >= 0.3 is 12.1 Å². The minimum Gasteiger partial charge on any atom is -0.372 e. The van der Waals surface area contributed by atoms with Crippen molar-refractivity contribution in [2.45, 2.75) is 32.2 Å². The number of halogens is 3. The fraction of sp³-hybridized carbons (Fsp3) is 0.875. The molecule has 14 heavy (non-hydrogen) atoms. The fourth-order valence-electron chi connectivity index (χ4n) is 1.25. The van der Waals surface area contributed by atoms with Crippen LogP contribution >= 0.6 is 0 Å². The molecule has 1 aliphatic rings. The Morgan fingerprint density at radius 2 is 1.93 bits per heavy atom. The Hall–Kier alpha value is -0.780. The van der Waals surface area contributed by atoms with Gasteiger partial charge in [0, 0.05) is 13.1 Å². The van der Waals surface area contributed by atoms with Crippen LogP contribution in [-0.2, 0) is 9.53 Å². The molecule has 1 fully saturated rings. The zero-order valence-electron chi connectivity index (χ0n) is 7.97. The van der Waals surface area contributed by atoms with Gasteiger partial charge in [-0.05, 0) is 13.8 Å². The van der Waals surface area contributed by atoms with Crippen molar-refractivity contribution in [3.63, 3.8) is 0 Å². The molecule has 1 heterocycles. The van der Waals surface area contributed by atoms with Gasteiger partial charge in [-0.15, -0.1) is 0 Å². The molecule has 0 aromatic heterocycles. The van der Waals surface area contributed by atoms with E-state index < -0.39 is 12.1 Å². The summed E-state index contributed by atoms with van der Waals surface area (Å²) < 4.78 is 40.9. The van der Waals surface area contributed by atoms with E-state index in [0.29, 0.717) is 0 Å². The number of rotatable bonds is 2. The van der Waals surface area contributed by atoms with Crippen molar-refractivity contribution < 1.29 is 22.7 Å². The minimum atomic E-state index is -4.76. The second-order valence-electron chi connectivity index (χ2n) is 3.51. The van der Waals surface area contributed by atoms with Crippen molar-refractivity contribution in [3.05, 3.63) is 0 Å². The minimum absolute atomic E-state index is 0.0249. The van der Waals surface area contributed by atoms with E-state index in [1.807, 2.05) is 0 Å². The van der Waals surface area contributed by atoms with Crippen molar-refractivity contribution in [2.75, 3.05) is 13.1 Å². The third kappa shape index (κ3) is 2.60. The molecule has 0 bridgehead atoms. The summed E-state index contributed by atoms with van der Waals surface area (Å²) in [5.74, 6) is -1.78. The predicted octanol–water partition coefficient (Wildman–Crippen LogP) is 1.18. The molecule has 0 aromatic rings. The lowest BCUT2D eigenvalue weighted by Gasteiger charge is -2.39. The highest BCUT2D eigenvalue weighted by Crippen LogP contribution is 2.23. The van der Waals surface area contributed by atoms with Gasteiger partial charge in [0.1, 0.15) is 0 Å². The molecule has 6 heteroatoms. The van der Waals surface area contributed by atoms with Crippen molar-refractivity contribution >= 4 is 5.91 Å². The first-order valence-electron chi connectivity index (χ1n) is 4.32. The first-order chi connectivity index (χ1) is 6.30. The predicted molar refractivity (Wildman–Crippen MR) is 42.6 cm³/mol. The van der Waals surface area contributed by atoms with Gasteiger partial charge in [0.15, 0.2) is 0 Å². The van der Waals surface area contributed by atoms with E-state index in [2.05, 4.69) is 0 Å². The van der Waals surface area contributed by atoms with Crippen LogP contribution in [0.1, 0.15) is 13.8 Å². The van der Waals surface area contributed by atoms with Crippen LogP contribution in [0.15, 0.2) is 0 Å². The number of ether oxygens (including phenoxy) is 1. The van der Waals surface area contributed by atoms with Crippen LogP contribution in [0.5, 0.6) is 0 Å². The van der Waals surface area contributed by atoms with Crippen molar-refractivity contribution in [1.82, 2.24) is 4.90 Å². The Balaban J connectivity index is 2.31. The topological polar surface area (TPSA) is 29.5 Å². The summed E-state index contributed by atoms with van der Waals surface area (Å²) >= 11 is 0. The Bertz CT molecular complexity index is 221. The number of alkyl halides is 3. The molecule has 0 saturated carbocycles. The van der Waals surface area contributed by atoms with Crippen LogP contribution in [-0.4, -0.2) is 42.3 Å². The Kier molecular flexibility index (Phi) is 3.04. The highest BCUT2D eigenvalue weighted by molar-refractivity contribution is 5.82. The number of hydrogen-bond acceptors (Lipinski definition) is 2. The lowest BCUT2D eigenvalue weighted by Crippen LogP contribution is -2.58. The largest absolute Gasteiger partial charge is 0.471 e.